The number of carbonyl (C=O) groups excluding carboxylic acids is 1. The van der Waals surface area contributed by atoms with Gasteiger partial charge < -0.3 is 8.92 Å². The molecule has 2 atom stereocenters. The molecule has 14 heteroatoms. The molecule has 10 nitrogen and oxygen atoms in total. The normalized spacial score (nSPS) is 20.5. The molecule has 1 saturated heterocycles. The second kappa shape index (κ2) is 9.96. The van der Waals surface area contributed by atoms with Crippen molar-refractivity contribution < 1.29 is 39.3 Å². The fraction of sp³-hybridized carbons (Fsp3) is 0.296. The predicted molar refractivity (Wildman–Crippen MR) is 145 cm³/mol. The molecule has 1 amide bonds. The second-order valence-corrected chi connectivity index (χ2v) is 13.7. The van der Waals surface area contributed by atoms with Crippen molar-refractivity contribution in [2.24, 2.45) is 0 Å². The van der Waals surface area contributed by atoms with Crippen LogP contribution in [-0.4, -0.2) is 46.1 Å². The Morgan fingerprint density at radius 2 is 1.54 bits per heavy atom. The number of amides is 1. The molecule has 3 aromatic rings. The lowest BCUT2D eigenvalue weighted by Gasteiger charge is -2.37. The molecule has 2 heterocycles. The summed E-state index contributed by atoms with van der Waals surface area (Å²) in [6.45, 7) is 4.78. The molecule has 218 valence electrons. The number of anilines is 1. The molecule has 2 aliphatic heterocycles. The Morgan fingerprint density at radius 1 is 0.927 bits per heavy atom. The second-order valence-electron chi connectivity index (χ2n) is 10.6. The monoisotopic (exact) mass is 607 g/mol. The minimum atomic E-state index is -5.02. The van der Waals surface area contributed by atoms with Gasteiger partial charge in [0.25, 0.3) is 10.0 Å². The summed E-state index contributed by atoms with van der Waals surface area (Å²) in [5, 5.41) is 0. The first-order valence-corrected chi connectivity index (χ1v) is 15.4. The maximum Gasteiger partial charge on any atom is 0.412 e. The fourth-order valence-electron chi connectivity index (χ4n) is 5.14. The lowest BCUT2D eigenvalue weighted by Crippen LogP contribution is -2.60. The Labute approximate surface area is 236 Å². The molecular weight excluding hydrogens is 580 g/mol. The van der Waals surface area contributed by atoms with Gasteiger partial charge in [-0.2, -0.15) is 13.1 Å². The van der Waals surface area contributed by atoms with Crippen molar-refractivity contribution in [3.8, 4) is 5.75 Å². The third-order valence-corrected chi connectivity index (χ3v) is 9.46. The van der Waals surface area contributed by atoms with Gasteiger partial charge in [0.05, 0.1) is 10.6 Å². The van der Waals surface area contributed by atoms with Gasteiger partial charge in [-0.25, -0.2) is 26.3 Å². The highest BCUT2D eigenvalue weighted by molar-refractivity contribution is 7.93. The standard InChI is InChI=1S/C27H27F2N3O7S2/c1-26(2,3)38-25(33)31-17-16-27(30-41(36,37)39-23-20(28)13-9-14-21(23)29)19-12-7-8-15-22(19)32(24(27)31)40(34,35)18-10-5-4-6-11-18/h4-15,24,30H,16-17H2,1-3H3/t24-,27-/m0/s1. The summed E-state index contributed by atoms with van der Waals surface area (Å²) < 4.78 is 97.3. The number of carbonyl (C=O) groups is 1. The zero-order valence-corrected chi connectivity index (χ0v) is 23.9. The lowest BCUT2D eigenvalue weighted by molar-refractivity contribution is 0.0210. The smallest absolute Gasteiger partial charge is 0.412 e. The van der Waals surface area contributed by atoms with E-state index in [1.165, 1.54) is 36.4 Å². The summed E-state index contributed by atoms with van der Waals surface area (Å²) in [7, 11) is -9.41. The summed E-state index contributed by atoms with van der Waals surface area (Å²) in [5.41, 5.74) is -2.44. The summed E-state index contributed by atoms with van der Waals surface area (Å²) in [4.78, 5) is 14.4. The van der Waals surface area contributed by atoms with Crippen LogP contribution in [0.1, 0.15) is 32.8 Å². The quantitative estimate of drug-likeness (QED) is 0.445. The number of rotatable bonds is 6. The van der Waals surface area contributed by atoms with E-state index in [4.69, 9.17) is 8.92 Å². The van der Waals surface area contributed by atoms with Crippen molar-refractivity contribution in [3.05, 3.63) is 90.0 Å². The van der Waals surface area contributed by atoms with Gasteiger partial charge in [-0.15, -0.1) is 0 Å². The van der Waals surface area contributed by atoms with E-state index in [0.717, 1.165) is 27.4 Å². The topological polar surface area (TPSA) is 122 Å². The van der Waals surface area contributed by atoms with Crippen LogP contribution in [0.5, 0.6) is 5.75 Å². The largest absolute Gasteiger partial charge is 0.444 e. The van der Waals surface area contributed by atoms with Crippen LogP contribution in [0.4, 0.5) is 19.3 Å². The highest BCUT2D eigenvalue weighted by Gasteiger charge is 2.64. The Balaban J connectivity index is 1.67. The number of benzene rings is 3. The van der Waals surface area contributed by atoms with E-state index in [1.807, 2.05) is 0 Å². The first kappa shape index (κ1) is 28.8. The van der Waals surface area contributed by atoms with Gasteiger partial charge in [0.2, 0.25) is 5.75 Å². The van der Waals surface area contributed by atoms with Crippen LogP contribution in [0.15, 0.2) is 77.7 Å². The van der Waals surface area contributed by atoms with E-state index in [1.54, 1.807) is 39.0 Å². The van der Waals surface area contributed by atoms with E-state index in [2.05, 4.69) is 4.72 Å². The zero-order chi connectivity index (χ0) is 29.8. The van der Waals surface area contributed by atoms with Gasteiger partial charge in [0.1, 0.15) is 17.3 Å². The molecule has 41 heavy (non-hydrogen) atoms. The molecule has 1 fully saturated rings. The van der Waals surface area contributed by atoms with E-state index in [9.17, 15) is 30.4 Å². The molecule has 0 aromatic heterocycles. The number of hydrogen-bond acceptors (Lipinski definition) is 7. The van der Waals surface area contributed by atoms with Gasteiger partial charge in [0.15, 0.2) is 11.6 Å². The molecule has 0 aliphatic carbocycles. The zero-order valence-electron chi connectivity index (χ0n) is 22.2. The third kappa shape index (κ3) is 5.11. The molecule has 1 N–H and O–H groups in total. The maximum absolute atomic E-state index is 14.3. The molecule has 0 bridgehead atoms. The number of para-hydroxylation sites is 2. The van der Waals surface area contributed by atoms with Crippen molar-refractivity contribution in [1.82, 2.24) is 9.62 Å². The van der Waals surface area contributed by atoms with Gasteiger partial charge in [0, 0.05) is 12.1 Å². The van der Waals surface area contributed by atoms with Crippen LogP contribution >= 0.6 is 0 Å². The Bertz CT molecular complexity index is 1690. The van der Waals surface area contributed by atoms with Crippen molar-refractivity contribution in [1.29, 1.82) is 0 Å². The number of hydrogen-bond donors (Lipinski definition) is 1. The average molecular weight is 608 g/mol. The number of nitrogens with one attached hydrogen (secondary N) is 1. The molecule has 0 saturated carbocycles. The van der Waals surface area contributed by atoms with E-state index >= 15 is 0 Å². The summed E-state index contributed by atoms with van der Waals surface area (Å²) in [5.74, 6) is -3.67. The summed E-state index contributed by atoms with van der Waals surface area (Å²) in [6.07, 6.45) is -2.49. The molecular formula is C27H27F2N3O7S2. The van der Waals surface area contributed by atoms with Crippen LogP contribution in [-0.2, 0) is 30.6 Å². The molecule has 0 unspecified atom stereocenters. The van der Waals surface area contributed by atoms with Crippen LogP contribution < -0.4 is 13.2 Å². The summed E-state index contributed by atoms with van der Waals surface area (Å²) >= 11 is 0. The van der Waals surface area contributed by atoms with Crippen molar-refractivity contribution in [2.75, 3.05) is 10.8 Å². The Hall–Kier alpha value is -3.75. The van der Waals surface area contributed by atoms with E-state index in [-0.39, 0.29) is 29.1 Å². The fourth-order valence-corrected chi connectivity index (χ4v) is 8.03. The first-order chi connectivity index (χ1) is 19.2. The van der Waals surface area contributed by atoms with E-state index < -0.39 is 61.1 Å². The number of halogens is 2. The van der Waals surface area contributed by atoms with Crippen molar-refractivity contribution >= 4 is 32.1 Å². The predicted octanol–water partition coefficient (Wildman–Crippen LogP) is 4.25. The SMILES string of the molecule is CC(C)(C)OC(=O)N1CC[C@]2(NS(=O)(=O)Oc3c(F)cccc3F)c3ccccc3N(S(=O)(=O)c3ccccc3)[C@H]12. The third-order valence-electron chi connectivity index (χ3n) is 6.67. The maximum atomic E-state index is 14.3. The number of sulfonamides is 1. The van der Waals surface area contributed by atoms with Crippen LogP contribution in [0.25, 0.3) is 0 Å². The minimum absolute atomic E-state index is 0.103. The molecule has 2 aliphatic rings. The molecule has 0 spiro atoms. The number of ether oxygens (including phenoxy) is 1. The lowest BCUT2D eigenvalue weighted by atomic mass is 9.90. The van der Waals surface area contributed by atoms with Gasteiger partial charge in [-0.1, -0.05) is 42.5 Å². The number of nitrogens with zero attached hydrogens (tertiary/aromatic N) is 2. The minimum Gasteiger partial charge on any atom is -0.444 e. The van der Waals surface area contributed by atoms with Crippen LogP contribution in [0.2, 0.25) is 0 Å². The Morgan fingerprint density at radius 3 is 2.17 bits per heavy atom. The molecule has 3 aromatic carbocycles. The van der Waals surface area contributed by atoms with Gasteiger partial charge in [-0.05, 0) is 57.5 Å². The van der Waals surface area contributed by atoms with Crippen molar-refractivity contribution in [2.45, 2.75) is 49.4 Å². The number of fused-ring (bicyclic) bond motifs is 3. The van der Waals surface area contributed by atoms with Gasteiger partial charge in [-0.3, -0.25) is 4.90 Å². The Kier molecular flexibility index (Phi) is 6.99. The van der Waals surface area contributed by atoms with Crippen LogP contribution in [0, 0.1) is 11.6 Å². The highest BCUT2D eigenvalue weighted by atomic mass is 32.2. The van der Waals surface area contributed by atoms with Gasteiger partial charge >= 0.3 is 16.4 Å². The van der Waals surface area contributed by atoms with Crippen molar-refractivity contribution in [3.63, 3.8) is 0 Å². The van der Waals surface area contributed by atoms with E-state index in [0.29, 0.717) is 0 Å². The molecule has 5 rings (SSSR count). The average Bonchev–Trinajstić information content (AvgIpc) is 3.38. The summed E-state index contributed by atoms with van der Waals surface area (Å²) in [6, 6.07) is 16.3. The van der Waals surface area contributed by atoms with Crippen LogP contribution in [0.3, 0.4) is 0 Å². The highest BCUT2D eigenvalue weighted by Crippen LogP contribution is 2.53. The number of likely N-dealkylation sites (tertiary alicyclic amines) is 1. The molecule has 0 radical (unpaired) electrons. The first-order valence-electron chi connectivity index (χ1n) is 12.5.